The molecule has 34 heavy (non-hydrogen) atoms. The van der Waals surface area contributed by atoms with Crippen molar-refractivity contribution in [2.24, 2.45) is 0 Å². The van der Waals surface area contributed by atoms with Gasteiger partial charge in [0.05, 0.1) is 24.3 Å². The van der Waals surface area contributed by atoms with Gasteiger partial charge < -0.3 is 19.5 Å². The van der Waals surface area contributed by atoms with Gasteiger partial charge in [-0.25, -0.2) is 14.8 Å². The molecule has 0 spiro atoms. The number of rotatable bonds is 8. The van der Waals surface area contributed by atoms with Crippen molar-refractivity contribution in [3.05, 3.63) is 47.4 Å². The number of hydrogen-bond donors (Lipinski definition) is 1. The molecule has 4 rings (SSSR count). The van der Waals surface area contributed by atoms with Crippen molar-refractivity contribution in [2.45, 2.75) is 40.4 Å². The molecule has 0 bridgehead atoms. The number of pyridine rings is 2. The predicted octanol–water partition coefficient (Wildman–Crippen LogP) is 2.87. The number of hydrogen-bond acceptors (Lipinski definition) is 7. The van der Waals surface area contributed by atoms with Crippen LogP contribution in [0.5, 0.6) is 0 Å². The van der Waals surface area contributed by atoms with Crippen molar-refractivity contribution in [3.8, 4) is 11.5 Å². The van der Waals surface area contributed by atoms with Crippen LogP contribution in [0.15, 0.2) is 30.6 Å². The smallest absolute Gasteiger partial charge is 0.407 e. The zero-order chi connectivity index (χ0) is 24.4. The highest BCUT2D eigenvalue weighted by molar-refractivity contribution is 6.10. The van der Waals surface area contributed by atoms with Gasteiger partial charge in [0.25, 0.3) is 5.91 Å². The van der Waals surface area contributed by atoms with Gasteiger partial charge in [0, 0.05) is 32.2 Å². The molecule has 178 valence electrons. The molecule has 11 heteroatoms. The molecule has 0 unspecified atom stereocenters. The molecule has 4 heterocycles. The highest BCUT2D eigenvalue weighted by atomic mass is 16.4. The molecule has 0 radical (unpaired) electrons. The maximum atomic E-state index is 13.5. The number of amides is 2. The number of carboxylic acid groups (broad SMARTS) is 1. The molecule has 3 aromatic heterocycles. The fraction of sp³-hybridized carbons (Fsp3) is 0.391. The third-order valence-electron chi connectivity index (χ3n) is 5.99. The molecule has 1 aliphatic heterocycles. The molecule has 0 atom stereocenters. The summed E-state index contributed by atoms with van der Waals surface area (Å²) in [5.41, 5.74) is 2.43. The van der Waals surface area contributed by atoms with E-state index in [4.69, 9.17) is 9.97 Å². The van der Waals surface area contributed by atoms with Crippen LogP contribution in [0.2, 0.25) is 0 Å². The molecule has 1 N–H and O–H groups in total. The Morgan fingerprint density at radius 3 is 2.62 bits per heavy atom. The molecule has 0 fully saturated rings. The van der Waals surface area contributed by atoms with Gasteiger partial charge in [-0.2, -0.15) is 0 Å². The quantitative estimate of drug-likeness (QED) is 0.540. The third-order valence-corrected chi connectivity index (χ3v) is 5.99. The number of aromatic nitrogens is 5. The lowest BCUT2D eigenvalue weighted by molar-refractivity contribution is 0.0996. The number of anilines is 2. The van der Waals surface area contributed by atoms with Crippen molar-refractivity contribution in [3.63, 3.8) is 0 Å². The van der Waals surface area contributed by atoms with E-state index < -0.39 is 6.09 Å². The van der Waals surface area contributed by atoms with Crippen molar-refractivity contribution >= 4 is 23.6 Å². The fourth-order valence-corrected chi connectivity index (χ4v) is 4.05. The summed E-state index contributed by atoms with van der Waals surface area (Å²) in [5, 5.41) is 17.5. The molecule has 3 aromatic rings. The Bertz CT molecular complexity index is 1220. The number of carbonyl (C=O) groups is 2. The second kappa shape index (κ2) is 9.46. The molecule has 0 saturated heterocycles. The minimum Gasteiger partial charge on any atom is -0.465 e. The Balaban J connectivity index is 1.74. The summed E-state index contributed by atoms with van der Waals surface area (Å²) in [6, 6.07) is 7.25. The SMILES string of the molecule is CCN(CC)c1cc2c(c(CN(C)C(=O)O)n1)CN(c1cccc(-c3nncn3CC)n1)C2=O. The molecule has 1 aliphatic rings. The summed E-state index contributed by atoms with van der Waals surface area (Å²) in [6.07, 6.45) is 0.589. The standard InChI is InChI=1S/C23H28N8O3/c1-5-29(6-2)20-11-15-16(18(26-20)13-28(4)23(33)34)12-31(22(15)32)19-10-8-9-17(25-19)21-27-24-14-30(21)7-3/h8-11,14H,5-7,12-13H2,1-4H3,(H,33,34). The first-order chi connectivity index (χ1) is 16.4. The summed E-state index contributed by atoms with van der Waals surface area (Å²) >= 11 is 0. The Kier molecular flexibility index (Phi) is 6.44. The Hall–Kier alpha value is -4.02. The van der Waals surface area contributed by atoms with Crippen molar-refractivity contribution in [1.82, 2.24) is 29.6 Å². The van der Waals surface area contributed by atoms with Crippen LogP contribution >= 0.6 is 0 Å². The van der Waals surface area contributed by atoms with E-state index in [2.05, 4.69) is 10.2 Å². The molecule has 0 aliphatic carbocycles. The lowest BCUT2D eigenvalue weighted by atomic mass is 10.1. The van der Waals surface area contributed by atoms with Gasteiger partial charge >= 0.3 is 6.09 Å². The molecular weight excluding hydrogens is 436 g/mol. The summed E-state index contributed by atoms with van der Waals surface area (Å²) in [5.74, 6) is 1.59. The topological polar surface area (TPSA) is 121 Å². The second-order valence-corrected chi connectivity index (χ2v) is 7.98. The Labute approximate surface area is 197 Å². The average Bonchev–Trinajstić information content (AvgIpc) is 3.45. The zero-order valence-corrected chi connectivity index (χ0v) is 19.8. The van der Waals surface area contributed by atoms with Crippen LogP contribution in [0.1, 0.15) is 42.4 Å². The molecule has 0 aromatic carbocycles. The van der Waals surface area contributed by atoms with E-state index in [1.54, 1.807) is 23.4 Å². The maximum Gasteiger partial charge on any atom is 0.407 e. The second-order valence-electron chi connectivity index (χ2n) is 7.98. The fourth-order valence-electron chi connectivity index (χ4n) is 4.05. The predicted molar refractivity (Wildman–Crippen MR) is 127 cm³/mol. The highest BCUT2D eigenvalue weighted by Gasteiger charge is 2.34. The lowest BCUT2D eigenvalue weighted by Gasteiger charge is -2.22. The molecule has 11 nitrogen and oxygen atoms in total. The van der Waals surface area contributed by atoms with E-state index in [-0.39, 0.29) is 19.0 Å². The first-order valence-electron chi connectivity index (χ1n) is 11.3. The highest BCUT2D eigenvalue weighted by Crippen LogP contribution is 2.33. The minimum atomic E-state index is -1.06. The first kappa shape index (κ1) is 23.1. The summed E-state index contributed by atoms with van der Waals surface area (Å²) in [6.45, 7) is 8.50. The van der Waals surface area contributed by atoms with Gasteiger partial charge in [0.1, 0.15) is 23.7 Å². The van der Waals surface area contributed by atoms with E-state index in [0.29, 0.717) is 41.0 Å². The maximum absolute atomic E-state index is 13.5. The largest absolute Gasteiger partial charge is 0.465 e. The number of carbonyl (C=O) groups excluding carboxylic acids is 1. The van der Waals surface area contributed by atoms with Crippen LogP contribution in [0.4, 0.5) is 16.4 Å². The molecule has 2 amide bonds. The van der Waals surface area contributed by atoms with E-state index in [9.17, 15) is 14.7 Å². The van der Waals surface area contributed by atoms with Crippen molar-refractivity contribution in [1.29, 1.82) is 0 Å². The minimum absolute atomic E-state index is 0.0843. The van der Waals surface area contributed by atoms with Gasteiger partial charge in [-0.3, -0.25) is 9.69 Å². The average molecular weight is 465 g/mol. The van der Waals surface area contributed by atoms with Crippen LogP contribution in [0.25, 0.3) is 11.5 Å². The van der Waals surface area contributed by atoms with Gasteiger partial charge in [-0.15, -0.1) is 10.2 Å². The summed E-state index contributed by atoms with van der Waals surface area (Å²) < 4.78 is 1.88. The third kappa shape index (κ3) is 4.16. The molecular formula is C23H28N8O3. The zero-order valence-electron chi connectivity index (χ0n) is 19.8. The Morgan fingerprint density at radius 2 is 1.94 bits per heavy atom. The summed E-state index contributed by atoms with van der Waals surface area (Å²) in [4.78, 5) is 39.2. The van der Waals surface area contributed by atoms with Gasteiger partial charge in [0.15, 0.2) is 5.82 Å². The van der Waals surface area contributed by atoms with Crippen LogP contribution in [-0.2, 0) is 19.6 Å². The lowest BCUT2D eigenvalue weighted by Crippen LogP contribution is -2.27. The first-order valence-corrected chi connectivity index (χ1v) is 11.3. The van der Waals surface area contributed by atoms with Gasteiger partial charge in [-0.1, -0.05) is 6.07 Å². The van der Waals surface area contributed by atoms with E-state index in [1.165, 1.54) is 7.05 Å². The number of aryl methyl sites for hydroxylation is 1. The monoisotopic (exact) mass is 464 g/mol. The Morgan fingerprint density at radius 1 is 1.18 bits per heavy atom. The van der Waals surface area contributed by atoms with Crippen molar-refractivity contribution in [2.75, 3.05) is 29.9 Å². The normalized spacial score (nSPS) is 12.7. The van der Waals surface area contributed by atoms with Crippen molar-refractivity contribution < 1.29 is 14.7 Å². The van der Waals surface area contributed by atoms with Crippen LogP contribution in [-0.4, -0.2) is 66.9 Å². The number of fused-ring (bicyclic) bond motifs is 1. The van der Waals surface area contributed by atoms with Crippen LogP contribution < -0.4 is 9.80 Å². The van der Waals surface area contributed by atoms with Gasteiger partial charge in [-0.05, 0) is 39.0 Å². The van der Waals surface area contributed by atoms with Crippen LogP contribution in [0.3, 0.4) is 0 Å². The number of nitrogens with zero attached hydrogens (tertiary/aromatic N) is 8. The van der Waals surface area contributed by atoms with E-state index >= 15 is 0 Å². The molecule has 0 saturated carbocycles. The van der Waals surface area contributed by atoms with E-state index in [0.717, 1.165) is 23.6 Å². The summed E-state index contributed by atoms with van der Waals surface area (Å²) in [7, 11) is 1.49. The van der Waals surface area contributed by atoms with Crippen LogP contribution in [0, 0.1) is 0 Å². The van der Waals surface area contributed by atoms with E-state index in [1.807, 2.05) is 42.4 Å². The van der Waals surface area contributed by atoms with Gasteiger partial charge in [0.2, 0.25) is 0 Å².